The lowest BCUT2D eigenvalue weighted by molar-refractivity contribution is 0.248. The van der Waals surface area contributed by atoms with Crippen LogP contribution in [0.3, 0.4) is 0 Å². The van der Waals surface area contributed by atoms with Crippen molar-refractivity contribution in [3.63, 3.8) is 0 Å². The zero-order valence-corrected chi connectivity index (χ0v) is 13.1. The number of hydrogen-bond donors (Lipinski definition) is 1. The smallest absolute Gasteiger partial charge is 0.124 e. The lowest BCUT2D eigenvalue weighted by Crippen LogP contribution is -2.35. The van der Waals surface area contributed by atoms with Gasteiger partial charge < -0.3 is 5.32 Å². The summed E-state index contributed by atoms with van der Waals surface area (Å²) in [4.78, 5) is 0. The molecular weight excluding hydrogens is 293 g/mol. The summed E-state index contributed by atoms with van der Waals surface area (Å²) in [6.07, 6.45) is 3.12. The maximum atomic E-state index is 13.4. The number of hydrogen-bond acceptors (Lipinski definition) is 1. The lowest BCUT2D eigenvalue weighted by atomic mass is 9.77. The number of rotatable bonds is 7. The Morgan fingerprint density at radius 3 is 2.33 bits per heavy atom. The van der Waals surface area contributed by atoms with Crippen LogP contribution in [0.5, 0.6) is 0 Å². The zero-order chi connectivity index (χ0) is 13.6. The summed E-state index contributed by atoms with van der Waals surface area (Å²) in [6.45, 7) is 8.53. The quantitative estimate of drug-likeness (QED) is 0.778. The van der Waals surface area contributed by atoms with Gasteiger partial charge >= 0.3 is 0 Å². The average Bonchev–Trinajstić information content (AvgIpc) is 2.33. The van der Waals surface area contributed by atoms with Crippen molar-refractivity contribution in [2.24, 2.45) is 5.41 Å². The maximum absolute atomic E-state index is 13.4. The van der Waals surface area contributed by atoms with Crippen LogP contribution in [-0.2, 0) is 6.42 Å². The van der Waals surface area contributed by atoms with Crippen LogP contribution in [0.1, 0.15) is 39.2 Å². The molecule has 0 aliphatic rings. The molecule has 0 aliphatic carbocycles. The van der Waals surface area contributed by atoms with Gasteiger partial charge in [-0.1, -0.05) is 36.7 Å². The van der Waals surface area contributed by atoms with Crippen LogP contribution in [0.25, 0.3) is 0 Å². The highest BCUT2D eigenvalue weighted by molar-refractivity contribution is 9.10. The minimum Gasteiger partial charge on any atom is -0.316 e. The van der Waals surface area contributed by atoms with Crippen LogP contribution in [0, 0.1) is 11.2 Å². The van der Waals surface area contributed by atoms with Crippen LogP contribution in [0.4, 0.5) is 4.39 Å². The van der Waals surface area contributed by atoms with Crippen molar-refractivity contribution in [1.82, 2.24) is 5.32 Å². The van der Waals surface area contributed by atoms with Crippen LogP contribution in [0.2, 0.25) is 0 Å². The highest BCUT2D eigenvalue weighted by atomic mass is 79.9. The molecule has 0 bridgehead atoms. The molecule has 0 saturated carbocycles. The van der Waals surface area contributed by atoms with Gasteiger partial charge in [0.15, 0.2) is 0 Å². The van der Waals surface area contributed by atoms with E-state index in [2.05, 4.69) is 42.0 Å². The Morgan fingerprint density at radius 1 is 1.17 bits per heavy atom. The van der Waals surface area contributed by atoms with Crippen molar-refractivity contribution in [2.45, 2.75) is 40.0 Å². The van der Waals surface area contributed by atoms with E-state index < -0.39 is 0 Å². The molecule has 0 fully saturated rings. The molecule has 3 heteroatoms. The van der Waals surface area contributed by atoms with E-state index in [9.17, 15) is 4.39 Å². The molecule has 18 heavy (non-hydrogen) atoms. The Balaban J connectivity index is 2.88. The molecule has 0 unspecified atom stereocenters. The first kappa shape index (κ1) is 15.6. The van der Waals surface area contributed by atoms with E-state index >= 15 is 0 Å². The first-order valence-corrected chi connectivity index (χ1v) is 7.50. The maximum Gasteiger partial charge on any atom is 0.124 e. The molecule has 0 radical (unpaired) electrons. The largest absolute Gasteiger partial charge is 0.316 e. The molecular formula is C15H23BrFN. The second-order valence-corrected chi connectivity index (χ2v) is 5.86. The van der Waals surface area contributed by atoms with Gasteiger partial charge in [-0.25, -0.2) is 4.39 Å². The van der Waals surface area contributed by atoms with Gasteiger partial charge in [-0.15, -0.1) is 0 Å². The number of benzene rings is 1. The summed E-state index contributed by atoms with van der Waals surface area (Å²) < 4.78 is 14.2. The fourth-order valence-corrected chi connectivity index (χ4v) is 2.86. The van der Waals surface area contributed by atoms with Gasteiger partial charge in [0, 0.05) is 11.0 Å². The van der Waals surface area contributed by atoms with Gasteiger partial charge in [-0.2, -0.15) is 0 Å². The highest BCUT2D eigenvalue weighted by Gasteiger charge is 2.26. The van der Waals surface area contributed by atoms with E-state index in [1.54, 1.807) is 6.07 Å². The highest BCUT2D eigenvalue weighted by Crippen LogP contribution is 2.31. The molecule has 0 atom stereocenters. The van der Waals surface area contributed by atoms with Gasteiger partial charge in [-0.3, -0.25) is 0 Å². The Kier molecular flexibility index (Phi) is 6.30. The first-order valence-electron chi connectivity index (χ1n) is 6.71. The second-order valence-electron chi connectivity index (χ2n) is 4.94. The monoisotopic (exact) mass is 315 g/mol. The van der Waals surface area contributed by atoms with E-state index in [1.807, 2.05) is 6.07 Å². The summed E-state index contributed by atoms with van der Waals surface area (Å²) in [7, 11) is 0. The minimum atomic E-state index is -0.163. The summed E-state index contributed by atoms with van der Waals surface area (Å²) >= 11 is 3.36. The molecule has 0 aliphatic heterocycles. The molecule has 0 saturated heterocycles. The molecule has 1 rings (SSSR count). The van der Waals surface area contributed by atoms with E-state index in [-0.39, 0.29) is 11.2 Å². The van der Waals surface area contributed by atoms with Gasteiger partial charge in [-0.05, 0) is 55.0 Å². The van der Waals surface area contributed by atoms with Crippen molar-refractivity contribution in [2.75, 3.05) is 13.1 Å². The van der Waals surface area contributed by atoms with Crippen LogP contribution in [0.15, 0.2) is 22.7 Å². The third-order valence-electron chi connectivity index (χ3n) is 3.75. The SMILES string of the molecule is CCNCC(CC)(CC)Cc1cc(F)cc(Br)c1. The third kappa shape index (κ3) is 4.36. The Hall–Kier alpha value is -0.410. The molecule has 102 valence electrons. The van der Waals surface area contributed by atoms with Gasteiger partial charge in [0.1, 0.15) is 5.82 Å². The molecule has 0 amide bonds. The normalized spacial score (nSPS) is 11.8. The van der Waals surface area contributed by atoms with Crippen LogP contribution < -0.4 is 5.32 Å². The van der Waals surface area contributed by atoms with Gasteiger partial charge in [0.25, 0.3) is 0 Å². The third-order valence-corrected chi connectivity index (χ3v) is 4.21. The zero-order valence-electron chi connectivity index (χ0n) is 11.5. The Bertz CT molecular complexity index is 355. The van der Waals surface area contributed by atoms with Gasteiger partial charge in [0.2, 0.25) is 0 Å². The fourth-order valence-electron chi connectivity index (χ4n) is 2.35. The van der Waals surface area contributed by atoms with Crippen LogP contribution in [-0.4, -0.2) is 13.1 Å². The molecule has 0 spiro atoms. The molecule has 1 N–H and O–H groups in total. The molecule has 1 aromatic carbocycles. The van der Waals surface area contributed by atoms with Crippen molar-refractivity contribution in [1.29, 1.82) is 0 Å². The summed E-state index contributed by atoms with van der Waals surface area (Å²) in [5, 5.41) is 3.44. The van der Waals surface area contributed by atoms with E-state index in [1.165, 1.54) is 6.07 Å². The lowest BCUT2D eigenvalue weighted by Gasteiger charge is -2.32. The minimum absolute atomic E-state index is 0.163. The number of nitrogens with one attached hydrogen (secondary N) is 1. The van der Waals surface area contributed by atoms with E-state index in [4.69, 9.17) is 0 Å². The van der Waals surface area contributed by atoms with Crippen molar-refractivity contribution < 1.29 is 4.39 Å². The van der Waals surface area contributed by atoms with Gasteiger partial charge in [0.05, 0.1) is 0 Å². The molecule has 1 nitrogen and oxygen atoms in total. The Morgan fingerprint density at radius 2 is 1.83 bits per heavy atom. The summed E-state index contributed by atoms with van der Waals surface area (Å²) in [6, 6.07) is 5.18. The average molecular weight is 316 g/mol. The summed E-state index contributed by atoms with van der Waals surface area (Å²) in [5.41, 5.74) is 1.30. The predicted octanol–water partition coefficient (Wildman–Crippen LogP) is 4.55. The number of halogens is 2. The molecule has 0 heterocycles. The van der Waals surface area contributed by atoms with E-state index in [0.717, 1.165) is 42.4 Å². The molecule has 0 aromatic heterocycles. The van der Waals surface area contributed by atoms with E-state index in [0.29, 0.717) is 0 Å². The second kappa shape index (κ2) is 7.25. The standard InChI is InChI=1S/C15H23BrFN/c1-4-15(5-2,11-18-6-3)10-12-7-13(16)9-14(17)8-12/h7-9,18H,4-6,10-11H2,1-3H3. The van der Waals surface area contributed by atoms with Crippen LogP contribution >= 0.6 is 15.9 Å². The van der Waals surface area contributed by atoms with Crippen molar-refractivity contribution in [3.05, 3.63) is 34.1 Å². The molecule has 1 aromatic rings. The summed E-state index contributed by atoms with van der Waals surface area (Å²) in [5.74, 6) is -0.163. The first-order chi connectivity index (χ1) is 8.55. The topological polar surface area (TPSA) is 12.0 Å². The fraction of sp³-hybridized carbons (Fsp3) is 0.600. The van der Waals surface area contributed by atoms with Crippen molar-refractivity contribution >= 4 is 15.9 Å². The van der Waals surface area contributed by atoms with Crippen molar-refractivity contribution in [3.8, 4) is 0 Å². The predicted molar refractivity (Wildman–Crippen MR) is 79.4 cm³/mol. The Labute approximate surface area is 118 Å².